The fourth-order valence-corrected chi connectivity index (χ4v) is 2.47. The number of carbonyl (C=O) groups is 1. The number of rotatable bonds is 3. The topological polar surface area (TPSA) is 99.6 Å². The molecule has 22 heavy (non-hydrogen) atoms. The van der Waals surface area contributed by atoms with Crippen molar-refractivity contribution >= 4 is 23.6 Å². The minimum absolute atomic E-state index is 0.0349. The van der Waals surface area contributed by atoms with Crippen LogP contribution >= 0.6 is 11.8 Å². The summed E-state index contributed by atoms with van der Waals surface area (Å²) in [6, 6.07) is 6.89. The number of hydrogen-bond donors (Lipinski definition) is 1. The Kier molecular flexibility index (Phi) is 3.84. The molecule has 3 rings (SSSR count). The lowest BCUT2D eigenvalue weighted by molar-refractivity contribution is 0.0944. The van der Waals surface area contributed by atoms with Crippen molar-refractivity contribution in [2.45, 2.75) is 5.03 Å². The molecular weight excluding hydrogens is 300 g/mol. The fourth-order valence-electron chi connectivity index (χ4n) is 1.93. The van der Waals surface area contributed by atoms with Gasteiger partial charge in [-0.3, -0.25) is 9.78 Å². The van der Waals surface area contributed by atoms with Gasteiger partial charge in [-0.05, 0) is 30.5 Å². The van der Waals surface area contributed by atoms with Gasteiger partial charge in [0.05, 0.1) is 5.56 Å². The molecule has 3 heterocycles. The van der Waals surface area contributed by atoms with Gasteiger partial charge >= 0.3 is 0 Å². The van der Waals surface area contributed by atoms with Gasteiger partial charge in [0.1, 0.15) is 5.03 Å². The lowest BCUT2D eigenvalue weighted by Gasteiger charge is -2.05. The summed E-state index contributed by atoms with van der Waals surface area (Å²) in [5.41, 5.74) is 7.01. The number of nitrogens with zero attached hydrogens (tertiary/aromatic N) is 5. The Hall–Kier alpha value is -2.74. The van der Waals surface area contributed by atoms with Gasteiger partial charge in [-0.25, -0.2) is 4.98 Å². The number of pyridine rings is 2. The highest BCUT2D eigenvalue weighted by molar-refractivity contribution is 7.98. The first-order valence-electron chi connectivity index (χ1n) is 6.37. The minimum Gasteiger partial charge on any atom is -0.368 e. The number of thioether (sulfide) groups is 1. The molecule has 0 amide bonds. The molecule has 0 aliphatic carbocycles. The van der Waals surface area contributed by atoms with Gasteiger partial charge in [-0.2, -0.15) is 9.67 Å². The Morgan fingerprint density at radius 3 is 2.73 bits per heavy atom. The number of hydrogen-bond acceptors (Lipinski definition) is 7. The zero-order valence-electron chi connectivity index (χ0n) is 11.7. The highest BCUT2D eigenvalue weighted by Crippen LogP contribution is 2.20. The molecule has 0 radical (unpaired) electrons. The highest BCUT2D eigenvalue weighted by Gasteiger charge is 2.19. The maximum atomic E-state index is 12.6. The molecule has 8 heteroatoms. The molecule has 110 valence electrons. The van der Waals surface area contributed by atoms with E-state index < -0.39 is 0 Å². The van der Waals surface area contributed by atoms with Crippen LogP contribution in [0.1, 0.15) is 10.4 Å². The summed E-state index contributed by atoms with van der Waals surface area (Å²) in [6.07, 6.45) is 6.74. The standard InChI is InChI=1S/C14H12N6OS/c1-22-12-10(3-2-6-17-12)13(21)20-14(15)18-11(19-20)9-4-7-16-8-5-9/h2-8H,1H3,(H2,15,18,19). The fraction of sp³-hybridized carbons (Fsp3) is 0.0714. The smallest absolute Gasteiger partial charge is 0.284 e. The molecule has 0 bridgehead atoms. The monoisotopic (exact) mass is 312 g/mol. The molecule has 0 unspecified atom stereocenters. The third kappa shape index (κ3) is 2.56. The van der Waals surface area contributed by atoms with Crippen molar-refractivity contribution in [3.63, 3.8) is 0 Å². The summed E-state index contributed by atoms with van der Waals surface area (Å²) in [5.74, 6) is 0.0540. The Bertz CT molecular complexity index is 817. The van der Waals surface area contributed by atoms with E-state index in [0.717, 1.165) is 10.2 Å². The van der Waals surface area contributed by atoms with Gasteiger partial charge in [0.2, 0.25) is 5.95 Å². The lowest BCUT2D eigenvalue weighted by atomic mass is 10.2. The van der Waals surface area contributed by atoms with Gasteiger partial charge in [-0.1, -0.05) is 0 Å². The summed E-state index contributed by atoms with van der Waals surface area (Å²) in [6.45, 7) is 0. The van der Waals surface area contributed by atoms with E-state index in [1.54, 1.807) is 42.9 Å². The van der Waals surface area contributed by atoms with Gasteiger partial charge < -0.3 is 5.73 Å². The van der Waals surface area contributed by atoms with Crippen LogP contribution in [-0.2, 0) is 0 Å². The third-order valence-electron chi connectivity index (χ3n) is 2.96. The summed E-state index contributed by atoms with van der Waals surface area (Å²) in [4.78, 5) is 24.8. The van der Waals surface area contributed by atoms with Crippen molar-refractivity contribution in [3.8, 4) is 11.4 Å². The minimum atomic E-state index is -0.359. The van der Waals surface area contributed by atoms with Crippen molar-refractivity contribution in [1.82, 2.24) is 24.7 Å². The van der Waals surface area contributed by atoms with Crippen LogP contribution < -0.4 is 5.73 Å². The molecule has 2 N–H and O–H groups in total. The summed E-state index contributed by atoms with van der Waals surface area (Å²) in [7, 11) is 0. The van der Waals surface area contributed by atoms with E-state index in [9.17, 15) is 4.79 Å². The zero-order valence-corrected chi connectivity index (χ0v) is 12.5. The van der Waals surface area contributed by atoms with E-state index in [0.29, 0.717) is 16.4 Å². The van der Waals surface area contributed by atoms with Crippen LogP contribution in [0.25, 0.3) is 11.4 Å². The second-order valence-corrected chi connectivity index (χ2v) is 5.10. The van der Waals surface area contributed by atoms with Gasteiger partial charge in [0.25, 0.3) is 5.91 Å². The zero-order chi connectivity index (χ0) is 15.5. The largest absolute Gasteiger partial charge is 0.368 e. The average molecular weight is 312 g/mol. The molecule has 3 aromatic heterocycles. The van der Waals surface area contributed by atoms with Crippen LogP contribution in [0.3, 0.4) is 0 Å². The number of carbonyl (C=O) groups excluding carboxylic acids is 1. The van der Waals surface area contributed by atoms with Crippen LogP contribution in [0.2, 0.25) is 0 Å². The van der Waals surface area contributed by atoms with Crippen molar-refractivity contribution in [1.29, 1.82) is 0 Å². The highest BCUT2D eigenvalue weighted by atomic mass is 32.2. The molecule has 0 fully saturated rings. The van der Waals surface area contributed by atoms with E-state index in [1.807, 2.05) is 6.26 Å². The predicted octanol–water partition coefficient (Wildman–Crippen LogP) is 1.73. The molecule has 3 aromatic rings. The first-order chi connectivity index (χ1) is 10.7. The average Bonchev–Trinajstić information content (AvgIpc) is 2.97. The molecular formula is C14H12N6OS. The van der Waals surface area contributed by atoms with E-state index in [-0.39, 0.29) is 11.9 Å². The molecule has 0 aromatic carbocycles. The van der Waals surface area contributed by atoms with Crippen molar-refractivity contribution in [2.75, 3.05) is 12.0 Å². The maximum absolute atomic E-state index is 12.6. The van der Waals surface area contributed by atoms with Gasteiger partial charge in [-0.15, -0.1) is 16.9 Å². The van der Waals surface area contributed by atoms with E-state index in [2.05, 4.69) is 20.1 Å². The Morgan fingerprint density at radius 1 is 1.23 bits per heavy atom. The quantitative estimate of drug-likeness (QED) is 0.735. The molecule has 7 nitrogen and oxygen atoms in total. The van der Waals surface area contributed by atoms with E-state index in [1.165, 1.54) is 11.8 Å². The first-order valence-corrected chi connectivity index (χ1v) is 7.60. The molecule has 0 aliphatic heterocycles. The van der Waals surface area contributed by atoms with Gasteiger partial charge in [0, 0.05) is 24.2 Å². The number of nitrogen functional groups attached to an aromatic ring is 1. The normalized spacial score (nSPS) is 10.6. The van der Waals surface area contributed by atoms with Crippen LogP contribution in [0.4, 0.5) is 5.95 Å². The second-order valence-electron chi connectivity index (χ2n) is 4.31. The van der Waals surface area contributed by atoms with Crippen LogP contribution in [0.15, 0.2) is 47.9 Å². The van der Waals surface area contributed by atoms with Crippen LogP contribution in [0, 0.1) is 0 Å². The van der Waals surface area contributed by atoms with Crippen molar-refractivity contribution < 1.29 is 4.79 Å². The molecule has 0 atom stereocenters. The Morgan fingerprint density at radius 2 is 2.00 bits per heavy atom. The first kappa shape index (κ1) is 14.2. The lowest BCUT2D eigenvalue weighted by Crippen LogP contribution is -2.17. The summed E-state index contributed by atoms with van der Waals surface area (Å²) >= 11 is 1.38. The predicted molar refractivity (Wildman–Crippen MR) is 83.4 cm³/mol. The SMILES string of the molecule is CSc1ncccc1C(=O)n1nc(-c2ccncc2)nc1N. The molecule has 0 aliphatic rings. The number of anilines is 1. The van der Waals surface area contributed by atoms with E-state index >= 15 is 0 Å². The molecule has 0 saturated heterocycles. The van der Waals surface area contributed by atoms with Gasteiger partial charge in [0.15, 0.2) is 5.82 Å². The summed E-state index contributed by atoms with van der Waals surface area (Å²) in [5, 5.41) is 4.82. The van der Waals surface area contributed by atoms with Crippen molar-refractivity contribution in [2.24, 2.45) is 0 Å². The Balaban J connectivity index is 2.02. The van der Waals surface area contributed by atoms with E-state index in [4.69, 9.17) is 5.73 Å². The maximum Gasteiger partial charge on any atom is 0.284 e. The van der Waals surface area contributed by atoms with Crippen LogP contribution in [-0.4, -0.2) is 36.9 Å². The number of nitrogens with two attached hydrogens (primary N) is 1. The van der Waals surface area contributed by atoms with Crippen molar-refractivity contribution in [3.05, 3.63) is 48.4 Å². The number of aromatic nitrogens is 5. The molecule has 0 spiro atoms. The third-order valence-corrected chi connectivity index (χ3v) is 3.67. The Labute approximate surface area is 130 Å². The molecule has 0 saturated carbocycles. The van der Waals surface area contributed by atoms with Crippen LogP contribution in [0.5, 0.6) is 0 Å². The summed E-state index contributed by atoms with van der Waals surface area (Å²) < 4.78 is 1.09. The second kappa shape index (κ2) is 5.94.